The number of nitriles is 1. The number of carbonyl (C=O) groups excluding carboxylic acids is 2. The summed E-state index contributed by atoms with van der Waals surface area (Å²) >= 11 is 20.1. The van der Waals surface area contributed by atoms with Gasteiger partial charge in [-0.2, -0.15) is 5.26 Å². The number of rotatable bonds is 7. The molecule has 1 aliphatic carbocycles. The summed E-state index contributed by atoms with van der Waals surface area (Å²) in [7, 11) is 2.94. The number of carbonyl (C=O) groups is 2. The van der Waals surface area contributed by atoms with Gasteiger partial charge in [-0.1, -0.05) is 58.7 Å². The molecule has 0 unspecified atom stereocenters. The van der Waals surface area contributed by atoms with Gasteiger partial charge in [0.15, 0.2) is 5.78 Å². The number of allylic oxidation sites excluding steroid dienone is 3. The van der Waals surface area contributed by atoms with Gasteiger partial charge in [-0.05, 0) is 24.5 Å². The molecule has 4 rings (SSSR count). The van der Waals surface area contributed by atoms with Crippen molar-refractivity contribution in [3.63, 3.8) is 0 Å². The van der Waals surface area contributed by atoms with E-state index in [1.165, 1.54) is 14.2 Å². The lowest BCUT2D eigenvalue weighted by atomic mass is 9.77. The summed E-state index contributed by atoms with van der Waals surface area (Å²) < 4.78 is 10.6. The van der Waals surface area contributed by atoms with Gasteiger partial charge < -0.3 is 20.1 Å². The summed E-state index contributed by atoms with van der Waals surface area (Å²) in [6.45, 7) is 0. The Morgan fingerprint density at radius 3 is 2.62 bits per heavy atom. The fourth-order valence-corrected chi connectivity index (χ4v) is 5.88. The molecule has 0 saturated heterocycles. The second-order valence-corrected chi connectivity index (χ2v) is 10.4. The molecule has 0 spiro atoms. The molecule has 11 heteroatoms. The largest absolute Gasteiger partial charge is 0.495 e. The van der Waals surface area contributed by atoms with Gasteiger partial charge in [-0.15, -0.1) is 0 Å². The van der Waals surface area contributed by atoms with Crippen LogP contribution < -0.4 is 20.1 Å². The molecular formula is C26H22Cl3N3O4S. The minimum Gasteiger partial charge on any atom is -0.495 e. The molecule has 0 fully saturated rings. The molecule has 192 valence electrons. The standard InChI is InChI=1S/C26H22Cl3N3O4S/c1-35-20-10-18(21(36-2)9-16(20)28)31-22(34)12-37-26-14(11-30)23(13-5-3-6-15(27)25(13)29)24-17(32-26)7-4-8-19(24)33/h3,5-6,9-10,23,32H,4,7-8,12H2,1-2H3,(H,31,34)/t23-/m1/s1. The number of ether oxygens (including phenoxy) is 2. The van der Waals surface area contributed by atoms with Gasteiger partial charge in [0.05, 0.1) is 63.3 Å². The molecule has 1 heterocycles. The third kappa shape index (κ3) is 5.55. The zero-order valence-corrected chi connectivity index (χ0v) is 23.0. The Hall–Kier alpha value is -2.83. The number of halogens is 3. The van der Waals surface area contributed by atoms with Crippen molar-refractivity contribution in [3.05, 3.63) is 72.8 Å². The van der Waals surface area contributed by atoms with Gasteiger partial charge in [0.25, 0.3) is 0 Å². The van der Waals surface area contributed by atoms with Crippen molar-refractivity contribution in [1.82, 2.24) is 5.32 Å². The number of methoxy groups -OCH3 is 2. The molecule has 2 aromatic rings. The SMILES string of the molecule is COc1cc(NC(=O)CSC2=C(C#N)[C@@H](c3cccc(Cl)c3Cl)C3=C(CCCC3=O)N2)c(OC)cc1Cl. The molecule has 1 amide bonds. The van der Waals surface area contributed by atoms with Crippen LogP contribution in [0.5, 0.6) is 11.5 Å². The number of Topliss-reactive ketones (excluding diaryl/α,β-unsaturated/α-hetero) is 1. The Morgan fingerprint density at radius 1 is 1.16 bits per heavy atom. The van der Waals surface area contributed by atoms with E-state index in [-0.39, 0.29) is 17.4 Å². The minimum atomic E-state index is -0.675. The van der Waals surface area contributed by atoms with Crippen LogP contribution >= 0.6 is 46.6 Å². The molecule has 2 N–H and O–H groups in total. The van der Waals surface area contributed by atoms with E-state index in [9.17, 15) is 14.9 Å². The lowest BCUT2D eigenvalue weighted by molar-refractivity contribution is -0.116. The summed E-state index contributed by atoms with van der Waals surface area (Å²) in [6, 6.07) is 10.5. The van der Waals surface area contributed by atoms with E-state index in [0.29, 0.717) is 73.3 Å². The van der Waals surface area contributed by atoms with Crippen molar-refractivity contribution < 1.29 is 19.1 Å². The van der Waals surface area contributed by atoms with Gasteiger partial charge in [0.2, 0.25) is 5.91 Å². The van der Waals surface area contributed by atoms with Crippen LogP contribution in [0.3, 0.4) is 0 Å². The van der Waals surface area contributed by atoms with Crippen LogP contribution in [0, 0.1) is 11.3 Å². The van der Waals surface area contributed by atoms with Crippen molar-refractivity contribution in [2.24, 2.45) is 0 Å². The normalized spacial score (nSPS) is 17.1. The third-order valence-corrected chi connectivity index (χ3v) is 8.20. The van der Waals surface area contributed by atoms with Crippen LogP contribution in [0.25, 0.3) is 0 Å². The van der Waals surface area contributed by atoms with Crippen molar-refractivity contribution in [2.75, 3.05) is 25.3 Å². The summed E-state index contributed by atoms with van der Waals surface area (Å²) in [5, 5.41) is 17.7. The molecule has 7 nitrogen and oxygen atoms in total. The first-order valence-corrected chi connectivity index (χ1v) is 13.4. The van der Waals surface area contributed by atoms with E-state index in [4.69, 9.17) is 44.3 Å². The number of ketones is 1. The quantitative estimate of drug-likeness (QED) is 0.389. The zero-order chi connectivity index (χ0) is 26.7. The first kappa shape index (κ1) is 27.2. The third-order valence-electron chi connectivity index (χ3n) is 6.05. The lowest BCUT2D eigenvalue weighted by Gasteiger charge is -2.33. The van der Waals surface area contributed by atoms with E-state index >= 15 is 0 Å². The van der Waals surface area contributed by atoms with Crippen molar-refractivity contribution in [1.29, 1.82) is 5.26 Å². The molecule has 2 aromatic carbocycles. The number of nitrogens with one attached hydrogen (secondary N) is 2. The van der Waals surface area contributed by atoms with Gasteiger partial charge in [0, 0.05) is 29.8 Å². The van der Waals surface area contributed by atoms with Gasteiger partial charge in [-0.25, -0.2) is 0 Å². The first-order chi connectivity index (χ1) is 17.8. The molecule has 0 saturated carbocycles. The lowest BCUT2D eigenvalue weighted by Crippen LogP contribution is -2.32. The van der Waals surface area contributed by atoms with Crippen LogP contribution in [-0.2, 0) is 9.59 Å². The maximum atomic E-state index is 13.0. The number of hydrogen-bond acceptors (Lipinski definition) is 7. The Bertz CT molecular complexity index is 1380. The van der Waals surface area contributed by atoms with E-state index in [1.807, 2.05) is 0 Å². The van der Waals surface area contributed by atoms with Gasteiger partial charge in [0.1, 0.15) is 11.5 Å². The number of dihydropyridines is 1. The molecular weight excluding hydrogens is 557 g/mol. The maximum absolute atomic E-state index is 13.0. The second-order valence-electron chi connectivity index (χ2n) is 8.25. The van der Waals surface area contributed by atoms with E-state index in [0.717, 1.165) is 17.5 Å². The summed E-state index contributed by atoms with van der Waals surface area (Å²) in [6.07, 6.45) is 1.73. The van der Waals surface area contributed by atoms with Gasteiger partial charge >= 0.3 is 0 Å². The monoisotopic (exact) mass is 577 g/mol. The van der Waals surface area contributed by atoms with E-state index < -0.39 is 5.92 Å². The van der Waals surface area contributed by atoms with Crippen LogP contribution in [-0.4, -0.2) is 31.7 Å². The highest BCUT2D eigenvalue weighted by Gasteiger charge is 2.38. The highest BCUT2D eigenvalue weighted by molar-refractivity contribution is 8.03. The van der Waals surface area contributed by atoms with E-state index in [1.54, 1.807) is 30.3 Å². The number of hydrogen-bond donors (Lipinski definition) is 2. The summed E-state index contributed by atoms with van der Waals surface area (Å²) in [5.74, 6) is -0.302. The Labute approximate surface area is 233 Å². The molecule has 1 atom stereocenters. The molecule has 0 aromatic heterocycles. The average molecular weight is 579 g/mol. The highest BCUT2D eigenvalue weighted by Crippen LogP contribution is 2.47. The number of benzene rings is 2. The summed E-state index contributed by atoms with van der Waals surface area (Å²) in [5.41, 5.74) is 2.55. The van der Waals surface area contributed by atoms with E-state index in [2.05, 4.69) is 16.7 Å². The number of nitrogens with zero attached hydrogens (tertiary/aromatic N) is 1. The second kappa shape index (κ2) is 11.7. The van der Waals surface area contributed by atoms with Crippen LogP contribution in [0.1, 0.15) is 30.7 Å². The number of amides is 1. The van der Waals surface area contributed by atoms with Crippen LogP contribution in [0.4, 0.5) is 5.69 Å². The fraction of sp³-hybridized carbons (Fsp3) is 0.269. The average Bonchev–Trinajstić information content (AvgIpc) is 2.89. The number of thioether (sulfide) groups is 1. The zero-order valence-electron chi connectivity index (χ0n) is 19.9. The first-order valence-electron chi connectivity index (χ1n) is 11.2. The molecule has 2 aliphatic rings. The Kier molecular flexibility index (Phi) is 8.60. The predicted molar refractivity (Wildman–Crippen MR) is 147 cm³/mol. The fourth-order valence-electron chi connectivity index (χ4n) is 4.37. The molecule has 0 bridgehead atoms. The molecule has 37 heavy (non-hydrogen) atoms. The highest BCUT2D eigenvalue weighted by atomic mass is 35.5. The van der Waals surface area contributed by atoms with Crippen molar-refractivity contribution in [3.8, 4) is 17.6 Å². The Balaban J connectivity index is 1.64. The molecule has 1 aliphatic heterocycles. The summed E-state index contributed by atoms with van der Waals surface area (Å²) in [4.78, 5) is 25.9. The smallest absolute Gasteiger partial charge is 0.234 e. The maximum Gasteiger partial charge on any atom is 0.234 e. The van der Waals surface area contributed by atoms with Gasteiger partial charge in [-0.3, -0.25) is 9.59 Å². The number of anilines is 1. The van der Waals surface area contributed by atoms with Crippen LogP contribution in [0.15, 0.2) is 52.2 Å². The topological polar surface area (TPSA) is 100 Å². The van der Waals surface area contributed by atoms with Crippen molar-refractivity contribution in [2.45, 2.75) is 25.2 Å². The predicted octanol–water partition coefficient (Wildman–Crippen LogP) is 6.46. The molecule has 0 radical (unpaired) electrons. The minimum absolute atomic E-state index is 0.0197. The van der Waals surface area contributed by atoms with Crippen molar-refractivity contribution >= 4 is 63.9 Å². The Morgan fingerprint density at radius 2 is 1.92 bits per heavy atom. The van der Waals surface area contributed by atoms with Crippen LogP contribution in [0.2, 0.25) is 15.1 Å².